The van der Waals surface area contributed by atoms with Gasteiger partial charge in [-0.2, -0.15) is 0 Å². The van der Waals surface area contributed by atoms with E-state index < -0.39 is 6.10 Å². The summed E-state index contributed by atoms with van der Waals surface area (Å²) in [5, 5.41) is 2.96. The predicted molar refractivity (Wildman–Crippen MR) is 117 cm³/mol. The molecule has 1 fully saturated rings. The van der Waals surface area contributed by atoms with Crippen LogP contribution in [0.2, 0.25) is 0 Å². The number of amides is 1. The lowest BCUT2D eigenvalue weighted by Crippen LogP contribution is -2.36. The van der Waals surface area contributed by atoms with Gasteiger partial charge in [-0.3, -0.25) is 4.79 Å². The number of nitrogens with zero attached hydrogens (tertiary/aromatic N) is 1. The topological polar surface area (TPSA) is 69.3 Å². The Hall–Kier alpha value is -2.77. The number of rotatable bonds is 9. The lowest BCUT2D eigenvalue weighted by atomic mass is 10.1. The van der Waals surface area contributed by atoms with Crippen LogP contribution in [0.3, 0.4) is 0 Å². The van der Waals surface area contributed by atoms with Crippen molar-refractivity contribution >= 4 is 17.3 Å². The van der Waals surface area contributed by atoms with Gasteiger partial charge < -0.3 is 29.2 Å². The van der Waals surface area contributed by atoms with Gasteiger partial charge in [-0.15, -0.1) is 0 Å². The number of ether oxygens (including phenoxy) is 4. The first kappa shape index (κ1) is 21.9. The number of hydrogen-bond donors (Lipinski definition) is 1. The average Bonchev–Trinajstić information content (AvgIpc) is 2.77. The molecule has 0 radical (unpaired) electrons. The Kier molecular flexibility index (Phi) is 7.93. The van der Waals surface area contributed by atoms with Crippen LogP contribution >= 0.6 is 0 Å². The van der Waals surface area contributed by atoms with E-state index in [1.54, 1.807) is 0 Å². The maximum Gasteiger partial charge on any atom is 0.258 e. The molecule has 1 amide bonds. The van der Waals surface area contributed by atoms with E-state index in [1.165, 1.54) is 7.11 Å². The summed E-state index contributed by atoms with van der Waals surface area (Å²) in [7, 11) is 1.52. The van der Waals surface area contributed by atoms with Crippen LogP contribution < -0.4 is 19.7 Å². The number of benzene rings is 2. The number of nitrogens with one attached hydrogen (secondary N) is 1. The van der Waals surface area contributed by atoms with Crippen LogP contribution in [0.5, 0.6) is 11.5 Å². The highest BCUT2D eigenvalue weighted by atomic mass is 16.5. The number of methoxy groups -OCH3 is 1. The van der Waals surface area contributed by atoms with Crippen LogP contribution in [0, 0.1) is 0 Å². The van der Waals surface area contributed by atoms with Crippen LogP contribution in [0.1, 0.15) is 25.5 Å². The maximum atomic E-state index is 13.0. The van der Waals surface area contributed by atoms with Crippen molar-refractivity contribution in [2.75, 3.05) is 56.8 Å². The molecule has 1 atom stereocenters. The monoisotopic (exact) mass is 414 g/mol. The molecule has 0 aliphatic carbocycles. The number of anilines is 2. The first-order valence-corrected chi connectivity index (χ1v) is 10.3. The average molecular weight is 415 g/mol. The minimum absolute atomic E-state index is 0.272. The van der Waals surface area contributed by atoms with Gasteiger partial charge in [0, 0.05) is 32.3 Å². The smallest absolute Gasteiger partial charge is 0.258 e. The van der Waals surface area contributed by atoms with Gasteiger partial charge in [0.05, 0.1) is 37.8 Å². The normalized spacial score (nSPS) is 14.8. The third kappa shape index (κ3) is 5.23. The molecule has 0 spiro atoms. The second-order valence-corrected chi connectivity index (χ2v) is 6.80. The molecule has 1 aliphatic rings. The summed E-state index contributed by atoms with van der Waals surface area (Å²) >= 11 is 0. The summed E-state index contributed by atoms with van der Waals surface area (Å²) in [6, 6.07) is 13.2. The Labute approximate surface area is 177 Å². The Bertz CT molecular complexity index is 822. The summed E-state index contributed by atoms with van der Waals surface area (Å²) in [5.41, 5.74) is 2.28. The summed E-state index contributed by atoms with van der Waals surface area (Å²) in [6.45, 7) is 7.73. The lowest BCUT2D eigenvalue weighted by molar-refractivity contribution is -0.126. The molecular weight excluding hydrogens is 384 g/mol. The van der Waals surface area contributed by atoms with Crippen LogP contribution in [0.4, 0.5) is 11.4 Å². The molecule has 2 aromatic carbocycles. The van der Waals surface area contributed by atoms with Gasteiger partial charge in [0.15, 0.2) is 6.10 Å². The molecular formula is C23H30N2O5. The molecule has 30 heavy (non-hydrogen) atoms. The molecule has 0 bridgehead atoms. The second kappa shape index (κ2) is 10.8. The third-order valence-electron chi connectivity index (χ3n) is 4.85. The van der Waals surface area contributed by atoms with Crippen molar-refractivity contribution in [2.24, 2.45) is 0 Å². The van der Waals surface area contributed by atoms with E-state index in [0.29, 0.717) is 43.6 Å². The number of carbonyl (C=O) groups excluding carboxylic acids is 1. The van der Waals surface area contributed by atoms with Crippen molar-refractivity contribution in [3.63, 3.8) is 0 Å². The molecule has 0 aromatic heterocycles. The fourth-order valence-electron chi connectivity index (χ4n) is 3.46. The van der Waals surface area contributed by atoms with E-state index >= 15 is 0 Å². The third-order valence-corrected chi connectivity index (χ3v) is 4.85. The van der Waals surface area contributed by atoms with Crippen molar-refractivity contribution in [1.29, 1.82) is 0 Å². The van der Waals surface area contributed by atoms with Gasteiger partial charge in [-0.1, -0.05) is 30.3 Å². The van der Waals surface area contributed by atoms with Crippen molar-refractivity contribution in [2.45, 2.75) is 20.0 Å². The summed E-state index contributed by atoms with van der Waals surface area (Å²) in [5.74, 6) is 1.02. The lowest BCUT2D eigenvalue weighted by Gasteiger charge is -2.31. The highest BCUT2D eigenvalue weighted by Crippen LogP contribution is 2.39. The molecule has 1 unspecified atom stereocenters. The molecule has 162 valence electrons. The Morgan fingerprint density at radius 1 is 1.07 bits per heavy atom. The highest BCUT2D eigenvalue weighted by Gasteiger charge is 2.24. The maximum absolute atomic E-state index is 13.0. The predicted octanol–water partition coefficient (Wildman–Crippen LogP) is 3.65. The quantitative estimate of drug-likeness (QED) is 0.676. The molecule has 3 rings (SSSR count). The Balaban J connectivity index is 1.92. The zero-order valence-corrected chi connectivity index (χ0v) is 17.8. The Morgan fingerprint density at radius 2 is 1.73 bits per heavy atom. The van der Waals surface area contributed by atoms with E-state index in [1.807, 2.05) is 56.3 Å². The van der Waals surface area contributed by atoms with Crippen LogP contribution in [-0.4, -0.2) is 52.5 Å². The van der Waals surface area contributed by atoms with E-state index in [0.717, 1.165) is 24.3 Å². The molecule has 1 aliphatic heterocycles. The van der Waals surface area contributed by atoms with Crippen molar-refractivity contribution in [1.82, 2.24) is 0 Å². The van der Waals surface area contributed by atoms with Crippen molar-refractivity contribution in [3.8, 4) is 11.5 Å². The van der Waals surface area contributed by atoms with Gasteiger partial charge in [0.2, 0.25) is 0 Å². The van der Waals surface area contributed by atoms with Gasteiger partial charge in [-0.25, -0.2) is 0 Å². The SMILES string of the molecule is CCOc1cc(N2CCOCC2)c(OCC)cc1NC(=O)C(OC)c1ccccc1. The van der Waals surface area contributed by atoms with E-state index in [2.05, 4.69) is 10.2 Å². The summed E-state index contributed by atoms with van der Waals surface area (Å²) < 4.78 is 22.7. The van der Waals surface area contributed by atoms with Gasteiger partial charge in [-0.05, 0) is 19.4 Å². The van der Waals surface area contributed by atoms with Crippen LogP contribution in [-0.2, 0) is 14.3 Å². The Morgan fingerprint density at radius 3 is 2.37 bits per heavy atom. The number of hydrogen-bond acceptors (Lipinski definition) is 6. The van der Waals surface area contributed by atoms with Gasteiger partial charge in [0.25, 0.3) is 5.91 Å². The largest absolute Gasteiger partial charge is 0.492 e. The summed E-state index contributed by atoms with van der Waals surface area (Å²) in [4.78, 5) is 15.2. The fourth-order valence-corrected chi connectivity index (χ4v) is 3.46. The minimum Gasteiger partial charge on any atom is -0.492 e. The number of morpholine rings is 1. The fraction of sp³-hybridized carbons (Fsp3) is 0.435. The highest BCUT2D eigenvalue weighted by molar-refractivity contribution is 5.97. The zero-order valence-electron chi connectivity index (χ0n) is 17.8. The molecule has 0 saturated carbocycles. The van der Waals surface area contributed by atoms with Crippen molar-refractivity contribution < 1.29 is 23.7 Å². The molecule has 7 heteroatoms. The van der Waals surface area contributed by atoms with Gasteiger partial charge in [0.1, 0.15) is 11.5 Å². The van der Waals surface area contributed by atoms with E-state index in [4.69, 9.17) is 18.9 Å². The van der Waals surface area contributed by atoms with Crippen LogP contribution in [0.15, 0.2) is 42.5 Å². The zero-order chi connectivity index (χ0) is 21.3. The minimum atomic E-state index is -0.727. The molecule has 1 saturated heterocycles. The molecule has 1 N–H and O–H groups in total. The first-order valence-electron chi connectivity index (χ1n) is 10.3. The van der Waals surface area contributed by atoms with Crippen LogP contribution in [0.25, 0.3) is 0 Å². The van der Waals surface area contributed by atoms with Gasteiger partial charge >= 0.3 is 0 Å². The molecule has 2 aromatic rings. The number of carbonyl (C=O) groups is 1. The second-order valence-electron chi connectivity index (χ2n) is 6.80. The first-order chi connectivity index (χ1) is 14.7. The molecule has 7 nitrogen and oxygen atoms in total. The van der Waals surface area contributed by atoms with E-state index in [9.17, 15) is 4.79 Å². The van der Waals surface area contributed by atoms with Crippen molar-refractivity contribution in [3.05, 3.63) is 48.0 Å². The molecule has 1 heterocycles. The van der Waals surface area contributed by atoms with E-state index in [-0.39, 0.29) is 5.91 Å². The summed E-state index contributed by atoms with van der Waals surface area (Å²) in [6.07, 6.45) is -0.727. The standard InChI is InChI=1S/C23H30N2O5/c1-4-29-20-16-19(25-11-13-28-14-12-25)21(30-5-2)15-18(20)24-23(26)22(27-3)17-9-7-6-8-10-17/h6-10,15-16,22H,4-5,11-14H2,1-3H3,(H,24,26).